The standard InChI is InChI=1S/C23H31N7O2/c1-13(2)29-11-15(4)21-18(9-17(10-20(21)29)6-7-26-28-24)23(32)30(25)12-19-14(3)8-16(5)27-22(19)31/h8-11,13H,6-7,12,25H2,1-5H3,(H2,24,26)(H,27,31). The Labute approximate surface area is 187 Å². The molecule has 32 heavy (non-hydrogen) atoms. The van der Waals surface area contributed by atoms with E-state index in [2.05, 4.69) is 39.8 Å². The monoisotopic (exact) mass is 437 g/mol. The Morgan fingerprint density at radius 2 is 1.91 bits per heavy atom. The predicted octanol–water partition coefficient (Wildman–Crippen LogP) is 3.22. The minimum absolute atomic E-state index is 0.0112. The van der Waals surface area contributed by atoms with Crippen molar-refractivity contribution in [3.8, 4) is 0 Å². The van der Waals surface area contributed by atoms with Gasteiger partial charge in [-0.15, -0.1) is 0 Å². The molecule has 9 nitrogen and oxygen atoms in total. The highest BCUT2D eigenvalue weighted by molar-refractivity contribution is 6.08. The van der Waals surface area contributed by atoms with Gasteiger partial charge in [0.2, 0.25) is 0 Å². The summed E-state index contributed by atoms with van der Waals surface area (Å²) in [6, 6.07) is 6.00. The van der Waals surface area contributed by atoms with Crippen LogP contribution in [0.3, 0.4) is 0 Å². The number of fused-ring (bicyclic) bond motifs is 1. The van der Waals surface area contributed by atoms with Gasteiger partial charge in [0.15, 0.2) is 0 Å². The molecule has 2 heterocycles. The number of rotatable bonds is 7. The fourth-order valence-electron chi connectivity index (χ4n) is 4.10. The number of carbonyl (C=O) groups is 1. The summed E-state index contributed by atoms with van der Waals surface area (Å²) >= 11 is 0. The first-order valence-corrected chi connectivity index (χ1v) is 10.6. The molecule has 1 aromatic carbocycles. The van der Waals surface area contributed by atoms with Crippen LogP contribution < -0.4 is 17.2 Å². The van der Waals surface area contributed by atoms with Crippen LogP contribution in [0.5, 0.6) is 0 Å². The van der Waals surface area contributed by atoms with Gasteiger partial charge in [0.1, 0.15) is 0 Å². The fraction of sp³-hybridized carbons (Fsp3) is 0.391. The maximum Gasteiger partial charge on any atom is 0.268 e. The van der Waals surface area contributed by atoms with E-state index in [0.29, 0.717) is 24.1 Å². The Balaban J connectivity index is 2.07. The second kappa shape index (κ2) is 9.35. The number of benzene rings is 1. The van der Waals surface area contributed by atoms with Gasteiger partial charge in [0.25, 0.3) is 11.5 Å². The summed E-state index contributed by atoms with van der Waals surface area (Å²) in [6.07, 6.45) is 2.63. The van der Waals surface area contributed by atoms with Gasteiger partial charge in [-0.05, 0) is 75.9 Å². The van der Waals surface area contributed by atoms with Crippen molar-refractivity contribution < 1.29 is 4.79 Å². The number of nitrogens with two attached hydrogens (primary N) is 2. The topological polar surface area (TPSA) is 135 Å². The second-order valence-electron chi connectivity index (χ2n) is 8.46. The largest absolute Gasteiger partial charge is 0.345 e. The molecule has 5 N–H and O–H groups in total. The number of hydrogen-bond acceptors (Lipinski definition) is 5. The normalized spacial score (nSPS) is 11.7. The molecular weight excluding hydrogens is 406 g/mol. The third-order valence-corrected chi connectivity index (χ3v) is 5.63. The SMILES string of the molecule is Cc1cc(C)c(CN(N)C(=O)c2cc(CCN=NN)cc3c2c(C)cn3C(C)C)c(=O)[nH]1. The van der Waals surface area contributed by atoms with Crippen LogP contribution in [0.4, 0.5) is 0 Å². The molecule has 0 fully saturated rings. The van der Waals surface area contributed by atoms with Crippen molar-refractivity contribution in [2.45, 2.75) is 53.6 Å². The van der Waals surface area contributed by atoms with E-state index < -0.39 is 0 Å². The molecule has 0 unspecified atom stereocenters. The van der Waals surface area contributed by atoms with Crippen LogP contribution in [-0.2, 0) is 13.0 Å². The number of pyridine rings is 1. The van der Waals surface area contributed by atoms with E-state index in [9.17, 15) is 9.59 Å². The lowest BCUT2D eigenvalue weighted by atomic mass is 10.0. The molecule has 0 saturated carbocycles. The Hall–Kier alpha value is -3.46. The van der Waals surface area contributed by atoms with Crippen LogP contribution in [0.15, 0.2) is 39.5 Å². The number of amides is 1. The van der Waals surface area contributed by atoms with Gasteiger partial charge in [-0.3, -0.25) is 14.6 Å². The van der Waals surface area contributed by atoms with Crippen LogP contribution in [0.2, 0.25) is 0 Å². The summed E-state index contributed by atoms with van der Waals surface area (Å²) in [4.78, 5) is 28.7. The van der Waals surface area contributed by atoms with E-state index in [1.807, 2.05) is 39.1 Å². The van der Waals surface area contributed by atoms with Gasteiger partial charge in [0, 0.05) is 34.4 Å². The van der Waals surface area contributed by atoms with E-state index in [4.69, 9.17) is 11.7 Å². The van der Waals surface area contributed by atoms with Crippen LogP contribution in [0.1, 0.15) is 58.2 Å². The zero-order valence-corrected chi connectivity index (χ0v) is 19.3. The van der Waals surface area contributed by atoms with Crippen molar-refractivity contribution >= 4 is 16.8 Å². The van der Waals surface area contributed by atoms with Gasteiger partial charge >= 0.3 is 0 Å². The lowest BCUT2D eigenvalue weighted by molar-refractivity contribution is 0.0744. The highest BCUT2D eigenvalue weighted by Crippen LogP contribution is 2.30. The molecular formula is C23H31N7O2. The maximum atomic E-state index is 13.5. The predicted molar refractivity (Wildman–Crippen MR) is 125 cm³/mol. The van der Waals surface area contributed by atoms with Crippen molar-refractivity contribution in [1.82, 2.24) is 14.6 Å². The third kappa shape index (κ3) is 4.57. The minimum Gasteiger partial charge on any atom is -0.345 e. The molecule has 9 heteroatoms. The average molecular weight is 438 g/mol. The van der Waals surface area contributed by atoms with Gasteiger partial charge in [-0.1, -0.05) is 5.22 Å². The first-order chi connectivity index (χ1) is 15.1. The zero-order chi connectivity index (χ0) is 23.6. The average Bonchev–Trinajstić information content (AvgIpc) is 3.06. The Morgan fingerprint density at radius 3 is 2.53 bits per heavy atom. The number of hydrazine groups is 1. The number of nitrogens with one attached hydrogen (secondary N) is 1. The summed E-state index contributed by atoms with van der Waals surface area (Å²) in [5, 5.41) is 9.12. The molecule has 0 saturated heterocycles. The summed E-state index contributed by atoms with van der Waals surface area (Å²) in [6.45, 7) is 10.3. The van der Waals surface area contributed by atoms with E-state index in [-0.39, 0.29) is 24.1 Å². The number of nitrogens with zero attached hydrogens (tertiary/aromatic N) is 4. The Bertz CT molecular complexity index is 1240. The van der Waals surface area contributed by atoms with Crippen molar-refractivity contribution in [3.63, 3.8) is 0 Å². The Kier molecular flexibility index (Phi) is 6.78. The lowest BCUT2D eigenvalue weighted by Crippen LogP contribution is -2.39. The number of aromatic nitrogens is 2. The minimum atomic E-state index is -0.346. The summed E-state index contributed by atoms with van der Waals surface area (Å²) in [5.41, 5.74) is 5.18. The number of carbonyl (C=O) groups excluding carboxylic acids is 1. The molecule has 0 bridgehead atoms. The molecule has 3 rings (SSSR count). The number of aromatic amines is 1. The van der Waals surface area contributed by atoms with Gasteiger partial charge in [-0.2, -0.15) is 5.11 Å². The van der Waals surface area contributed by atoms with Crippen LogP contribution in [0, 0.1) is 20.8 Å². The van der Waals surface area contributed by atoms with Crippen molar-refractivity contribution in [2.24, 2.45) is 22.0 Å². The van der Waals surface area contributed by atoms with Gasteiger partial charge in [0.05, 0.1) is 18.7 Å². The molecule has 0 aliphatic carbocycles. The first kappa shape index (κ1) is 23.2. The third-order valence-electron chi connectivity index (χ3n) is 5.63. The number of aryl methyl sites for hydroxylation is 3. The van der Waals surface area contributed by atoms with E-state index >= 15 is 0 Å². The second-order valence-corrected chi connectivity index (χ2v) is 8.46. The number of hydrogen-bond donors (Lipinski definition) is 3. The quantitative estimate of drug-likeness (QED) is 0.226. The summed E-state index contributed by atoms with van der Waals surface area (Å²) in [7, 11) is 0. The lowest BCUT2D eigenvalue weighted by Gasteiger charge is -2.19. The maximum absolute atomic E-state index is 13.5. The van der Waals surface area contributed by atoms with Crippen LogP contribution in [0.25, 0.3) is 10.9 Å². The highest BCUT2D eigenvalue weighted by atomic mass is 16.2. The summed E-state index contributed by atoms with van der Waals surface area (Å²) in [5.74, 6) is 11.0. The molecule has 0 aliphatic rings. The summed E-state index contributed by atoms with van der Waals surface area (Å²) < 4.78 is 2.14. The number of H-pyrrole nitrogens is 1. The van der Waals surface area contributed by atoms with E-state index in [1.54, 1.807) is 0 Å². The molecule has 0 atom stereocenters. The molecule has 0 aliphatic heterocycles. The Morgan fingerprint density at radius 1 is 1.19 bits per heavy atom. The van der Waals surface area contributed by atoms with Crippen LogP contribution in [-0.4, -0.2) is 27.0 Å². The van der Waals surface area contributed by atoms with Crippen molar-refractivity contribution in [2.75, 3.05) is 6.54 Å². The van der Waals surface area contributed by atoms with Crippen molar-refractivity contribution in [3.05, 3.63) is 68.3 Å². The smallest absolute Gasteiger partial charge is 0.268 e. The molecule has 3 aromatic rings. The molecule has 2 aromatic heterocycles. The molecule has 0 spiro atoms. The zero-order valence-electron chi connectivity index (χ0n) is 19.3. The van der Waals surface area contributed by atoms with E-state index in [0.717, 1.165) is 38.3 Å². The van der Waals surface area contributed by atoms with Gasteiger partial charge in [-0.25, -0.2) is 5.84 Å². The first-order valence-electron chi connectivity index (χ1n) is 10.6. The van der Waals surface area contributed by atoms with E-state index in [1.165, 1.54) is 0 Å². The molecule has 0 radical (unpaired) electrons. The fourth-order valence-corrected chi connectivity index (χ4v) is 4.10. The van der Waals surface area contributed by atoms with Gasteiger partial charge < -0.3 is 15.4 Å². The van der Waals surface area contributed by atoms with Crippen molar-refractivity contribution in [1.29, 1.82) is 0 Å². The van der Waals surface area contributed by atoms with Crippen LogP contribution >= 0.6 is 0 Å². The molecule has 1 amide bonds. The molecule has 170 valence electrons. The highest BCUT2D eigenvalue weighted by Gasteiger charge is 2.22.